The summed E-state index contributed by atoms with van der Waals surface area (Å²) in [6, 6.07) is 1.51. The minimum Gasteiger partial charge on any atom is -0.258 e. The van der Waals surface area contributed by atoms with Gasteiger partial charge >= 0.3 is 6.18 Å². The lowest BCUT2D eigenvalue weighted by atomic mass is 9.98. The van der Waals surface area contributed by atoms with Gasteiger partial charge in [0.1, 0.15) is 11.0 Å². The van der Waals surface area contributed by atoms with E-state index >= 15 is 0 Å². The fourth-order valence-corrected chi connectivity index (χ4v) is 2.41. The Bertz CT molecular complexity index is 692. The van der Waals surface area contributed by atoms with Crippen molar-refractivity contribution < 1.29 is 22.3 Å². The van der Waals surface area contributed by atoms with Gasteiger partial charge in [-0.15, -0.1) is 0 Å². The molecule has 128 valence electrons. The zero-order valence-electron chi connectivity index (χ0n) is 13.3. The first kappa shape index (κ1) is 19.3. The number of halogens is 3. The number of non-ortho nitro benzene ring substituents is 1. The summed E-state index contributed by atoms with van der Waals surface area (Å²) in [6.07, 6.45) is -4.73. The predicted molar refractivity (Wildman–Crippen MR) is 82.9 cm³/mol. The van der Waals surface area contributed by atoms with Crippen LogP contribution in [0.25, 0.3) is 0 Å². The third-order valence-electron chi connectivity index (χ3n) is 3.04. The number of nitro groups is 1. The van der Waals surface area contributed by atoms with Crippen molar-refractivity contribution in [1.82, 2.24) is 0 Å². The second-order valence-electron chi connectivity index (χ2n) is 5.96. The van der Waals surface area contributed by atoms with Gasteiger partial charge in [-0.3, -0.25) is 10.1 Å². The molecular weight excluding hydrogens is 333 g/mol. The molecule has 0 radical (unpaired) electrons. The number of hydrogen-bond donors (Lipinski definition) is 0. The Morgan fingerprint density at radius 1 is 1.26 bits per heavy atom. The molecule has 0 fully saturated rings. The molecule has 1 rings (SSSR count). The first-order valence-electron chi connectivity index (χ1n) is 6.59. The molecule has 0 aliphatic heterocycles. The Labute approximate surface area is 134 Å². The Balaban J connectivity index is 3.58. The Kier molecular flexibility index (Phi) is 5.35. The zero-order chi connectivity index (χ0) is 18.2. The highest BCUT2D eigenvalue weighted by molar-refractivity contribution is 7.85. The highest BCUT2D eigenvalue weighted by Gasteiger charge is 2.35. The second-order valence-corrected chi connectivity index (χ2v) is 7.86. The van der Waals surface area contributed by atoms with E-state index in [0.717, 1.165) is 6.07 Å². The van der Waals surface area contributed by atoms with E-state index in [0.29, 0.717) is 6.07 Å². The smallest absolute Gasteiger partial charge is 0.258 e. The highest BCUT2D eigenvalue weighted by atomic mass is 32.2. The average Bonchev–Trinajstić information content (AvgIpc) is 2.35. The summed E-state index contributed by atoms with van der Waals surface area (Å²) in [5, 5.41) is 10.9. The summed E-state index contributed by atoms with van der Waals surface area (Å²) in [7, 11) is -1.68. The van der Waals surface area contributed by atoms with Crippen LogP contribution in [0.15, 0.2) is 16.5 Å². The summed E-state index contributed by atoms with van der Waals surface area (Å²) < 4.78 is 54.4. The van der Waals surface area contributed by atoms with Crippen LogP contribution in [0.1, 0.15) is 44.4 Å². The normalized spacial score (nSPS) is 14.7. The van der Waals surface area contributed by atoms with E-state index in [2.05, 4.69) is 4.40 Å². The number of benzene rings is 1. The quantitative estimate of drug-likeness (QED) is 0.466. The SMILES string of the molecule is CC(=NS(=O)C(C)(C)C)c1cc([N+](=O)[O-])cc(C(F)(F)F)c1C. The number of rotatable bonds is 3. The Morgan fingerprint density at radius 2 is 1.78 bits per heavy atom. The monoisotopic (exact) mass is 350 g/mol. The van der Waals surface area contributed by atoms with E-state index in [4.69, 9.17) is 0 Å². The van der Waals surface area contributed by atoms with Crippen molar-refractivity contribution in [3.05, 3.63) is 38.9 Å². The van der Waals surface area contributed by atoms with Crippen LogP contribution >= 0.6 is 0 Å². The molecule has 0 N–H and O–H groups in total. The molecule has 0 amide bonds. The lowest BCUT2D eigenvalue weighted by Gasteiger charge is -2.16. The number of nitro benzene ring substituents is 1. The van der Waals surface area contributed by atoms with Crippen LogP contribution in [-0.4, -0.2) is 19.6 Å². The highest BCUT2D eigenvalue weighted by Crippen LogP contribution is 2.36. The molecule has 1 aromatic carbocycles. The molecular formula is C14H17F3N2O3S. The first-order valence-corrected chi connectivity index (χ1v) is 7.69. The van der Waals surface area contributed by atoms with Crippen molar-refractivity contribution in [2.24, 2.45) is 4.40 Å². The number of nitrogens with zero attached hydrogens (tertiary/aromatic N) is 2. The van der Waals surface area contributed by atoms with Gasteiger partial charge in [0, 0.05) is 17.7 Å². The lowest BCUT2D eigenvalue weighted by Crippen LogP contribution is -2.21. The van der Waals surface area contributed by atoms with Gasteiger partial charge in [0.15, 0.2) is 0 Å². The van der Waals surface area contributed by atoms with Crippen molar-refractivity contribution >= 4 is 22.4 Å². The molecule has 0 aromatic heterocycles. The standard InChI is InChI=1S/C14H17F3N2O3S/c1-8-11(9(2)18-23(22)13(3,4)5)6-10(19(20)21)7-12(8)14(15,16)17/h6-7H,1-5H3. The van der Waals surface area contributed by atoms with Crippen molar-refractivity contribution in [3.8, 4) is 0 Å². The lowest BCUT2D eigenvalue weighted by molar-refractivity contribution is -0.385. The molecule has 0 heterocycles. The third kappa shape index (κ3) is 4.60. The van der Waals surface area contributed by atoms with E-state index in [1.54, 1.807) is 20.8 Å². The molecule has 23 heavy (non-hydrogen) atoms. The third-order valence-corrected chi connectivity index (χ3v) is 4.53. The van der Waals surface area contributed by atoms with Crippen molar-refractivity contribution in [1.29, 1.82) is 0 Å². The van der Waals surface area contributed by atoms with Crippen LogP contribution in [0, 0.1) is 17.0 Å². The van der Waals surface area contributed by atoms with Gasteiger partial charge in [-0.25, -0.2) is 4.21 Å². The van der Waals surface area contributed by atoms with E-state index in [9.17, 15) is 27.5 Å². The van der Waals surface area contributed by atoms with Gasteiger partial charge in [-0.05, 0) is 40.2 Å². The molecule has 0 aliphatic rings. The number of alkyl halides is 3. The van der Waals surface area contributed by atoms with Gasteiger partial charge in [-0.2, -0.15) is 17.6 Å². The van der Waals surface area contributed by atoms with Gasteiger partial charge in [-0.1, -0.05) is 0 Å². The molecule has 5 nitrogen and oxygen atoms in total. The second kappa shape index (κ2) is 6.38. The number of hydrogen-bond acceptors (Lipinski definition) is 3. The van der Waals surface area contributed by atoms with E-state index in [-0.39, 0.29) is 16.8 Å². The van der Waals surface area contributed by atoms with Gasteiger partial charge in [0.25, 0.3) is 5.69 Å². The minimum atomic E-state index is -4.73. The Hall–Kier alpha value is -1.77. The van der Waals surface area contributed by atoms with Crippen molar-refractivity contribution in [2.45, 2.75) is 45.5 Å². The van der Waals surface area contributed by atoms with E-state index in [1.807, 2.05) is 0 Å². The summed E-state index contributed by atoms with van der Waals surface area (Å²) >= 11 is 0. The molecule has 1 unspecified atom stereocenters. The van der Waals surface area contributed by atoms with Crippen LogP contribution in [0.5, 0.6) is 0 Å². The fourth-order valence-electron chi connectivity index (χ4n) is 1.79. The molecule has 0 aliphatic carbocycles. The zero-order valence-corrected chi connectivity index (χ0v) is 14.1. The molecule has 9 heteroatoms. The van der Waals surface area contributed by atoms with Gasteiger partial charge in [0.2, 0.25) is 0 Å². The maximum Gasteiger partial charge on any atom is 0.416 e. The van der Waals surface area contributed by atoms with Crippen molar-refractivity contribution in [2.75, 3.05) is 0 Å². The molecule has 0 spiro atoms. The molecule has 0 saturated carbocycles. The molecule has 0 saturated heterocycles. The van der Waals surface area contributed by atoms with Crippen LogP contribution in [-0.2, 0) is 17.2 Å². The Morgan fingerprint density at radius 3 is 2.17 bits per heavy atom. The molecule has 1 atom stereocenters. The first-order chi connectivity index (χ1) is 10.2. The van der Waals surface area contributed by atoms with Gasteiger partial charge in [0.05, 0.1) is 20.9 Å². The predicted octanol–water partition coefficient (Wildman–Crippen LogP) is 4.19. The summed E-state index contributed by atoms with van der Waals surface area (Å²) in [6.45, 7) is 7.60. The fraction of sp³-hybridized carbons (Fsp3) is 0.500. The van der Waals surface area contributed by atoms with Gasteiger partial charge < -0.3 is 0 Å². The maximum atomic E-state index is 13.1. The summed E-state index contributed by atoms with van der Waals surface area (Å²) in [4.78, 5) is 9.99. The van der Waals surface area contributed by atoms with Crippen LogP contribution in [0.3, 0.4) is 0 Å². The van der Waals surface area contributed by atoms with Crippen LogP contribution < -0.4 is 0 Å². The average molecular weight is 350 g/mol. The van der Waals surface area contributed by atoms with Crippen molar-refractivity contribution in [3.63, 3.8) is 0 Å². The molecule has 1 aromatic rings. The van der Waals surface area contributed by atoms with E-state index < -0.39 is 38.1 Å². The summed E-state index contributed by atoms with van der Waals surface area (Å²) in [5.41, 5.74) is -1.95. The molecule has 0 bridgehead atoms. The largest absolute Gasteiger partial charge is 0.416 e. The maximum absolute atomic E-state index is 13.1. The van der Waals surface area contributed by atoms with Crippen LogP contribution in [0.2, 0.25) is 0 Å². The van der Waals surface area contributed by atoms with E-state index in [1.165, 1.54) is 13.8 Å². The minimum absolute atomic E-state index is 0.0378. The summed E-state index contributed by atoms with van der Waals surface area (Å²) in [5.74, 6) is 0. The van der Waals surface area contributed by atoms with Crippen LogP contribution in [0.4, 0.5) is 18.9 Å². The topological polar surface area (TPSA) is 72.6 Å².